The van der Waals surface area contributed by atoms with E-state index < -0.39 is 0 Å². The van der Waals surface area contributed by atoms with Crippen molar-refractivity contribution < 1.29 is 0 Å². The van der Waals surface area contributed by atoms with E-state index in [4.69, 9.17) is 5.73 Å². The van der Waals surface area contributed by atoms with Gasteiger partial charge in [-0.1, -0.05) is 37.3 Å². The maximum absolute atomic E-state index is 6.27. The molecule has 2 heterocycles. The summed E-state index contributed by atoms with van der Waals surface area (Å²) in [7, 11) is 0. The minimum atomic E-state index is -0.00569. The number of hydrogen-bond donors (Lipinski definition) is 1. The lowest BCUT2D eigenvalue weighted by atomic mass is 9.99. The minimum Gasteiger partial charge on any atom is -0.324 e. The van der Waals surface area contributed by atoms with Crippen LogP contribution in [0.5, 0.6) is 0 Å². The van der Waals surface area contributed by atoms with Crippen molar-refractivity contribution in [1.29, 1.82) is 0 Å². The second-order valence-corrected chi connectivity index (χ2v) is 5.50. The molecule has 1 aromatic carbocycles. The summed E-state index contributed by atoms with van der Waals surface area (Å²) in [6.45, 7) is 3.30. The molecule has 100 valence electrons. The van der Waals surface area contributed by atoms with E-state index in [2.05, 4.69) is 33.8 Å². The Morgan fingerprint density at radius 2 is 2.11 bits per heavy atom. The number of nitrogens with two attached hydrogens (primary N) is 1. The van der Waals surface area contributed by atoms with Gasteiger partial charge in [-0.15, -0.1) is 10.2 Å². The van der Waals surface area contributed by atoms with Crippen molar-refractivity contribution in [3.05, 3.63) is 47.5 Å². The van der Waals surface area contributed by atoms with Crippen LogP contribution < -0.4 is 5.73 Å². The molecule has 0 aliphatic carbocycles. The van der Waals surface area contributed by atoms with E-state index in [9.17, 15) is 0 Å². The fraction of sp³-hybridized carbons (Fsp3) is 0.467. The third-order valence-corrected chi connectivity index (χ3v) is 3.91. The number of aromatic nitrogens is 3. The van der Waals surface area contributed by atoms with E-state index in [-0.39, 0.29) is 6.04 Å². The van der Waals surface area contributed by atoms with E-state index in [1.54, 1.807) is 0 Å². The van der Waals surface area contributed by atoms with Crippen LogP contribution in [-0.2, 0) is 19.4 Å². The highest BCUT2D eigenvalue weighted by molar-refractivity contribution is 5.19. The molecule has 2 unspecified atom stereocenters. The van der Waals surface area contributed by atoms with Gasteiger partial charge in [0.15, 0.2) is 0 Å². The Labute approximate surface area is 113 Å². The molecule has 2 N–H and O–H groups in total. The predicted molar refractivity (Wildman–Crippen MR) is 74.6 cm³/mol. The van der Waals surface area contributed by atoms with E-state index in [1.807, 2.05) is 18.2 Å². The monoisotopic (exact) mass is 256 g/mol. The zero-order valence-electron chi connectivity index (χ0n) is 11.3. The Morgan fingerprint density at radius 3 is 2.89 bits per heavy atom. The molecule has 0 fully saturated rings. The first-order chi connectivity index (χ1) is 9.24. The predicted octanol–water partition coefficient (Wildman–Crippen LogP) is 2.10. The quantitative estimate of drug-likeness (QED) is 0.915. The summed E-state index contributed by atoms with van der Waals surface area (Å²) in [4.78, 5) is 0. The molecule has 4 heteroatoms. The second-order valence-electron chi connectivity index (χ2n) is 5.50. The molecule has 3 rings (SSSR count). The third kappa shape index (κ3) is 2.54. The molecule has 0 saturated heterocycles. The summed E-state index contributed by atoms with van der Waals surface area (Å²) in [6, 6.07) is 10.2. The Hall–Kier alpha value is -1.68. The fourth-order valence-corrected chi connectivity index (χ4v) is 2.71. The van der Waals surface area contributed by atoms with Gasteiger partial charge in [-0.05, 0) is 17.9 Å². The number of rotatable bonds is 3. The topological polar surface area (TPSA) is 56.7 Å². The molecule has 1 aliphatic rings. The summed E-state index contributed by atoms with van der Waals surface area (Å²) in [5.74, 6) is 2.86. The lowest BCUT2D eigenvalue weighted by Crippen LogP contribution is -2.21. The Morgan fingerprint density at radius 1 is 1.32 bits per heavy atom. The van der Waals surface area contributed by atoms with Gasteiger partial charge >= 0.3 is 0 Å². The van der Waals surface area contributed by atoms with Gasteiger partial charge in [-0.25, -0.2) is 0 Å². The summed E-state index contributed by atoms with van der Waals surface area (Å²) in [5, 5.41) is 8.64. The van der Waals surface area contributed by atoms with Crippen molar-refractivity contribution in [1.82, 2.24) is 14.8 Å². The number of hydrogen-bond acceptors (Lipinski definition) is 3. The summed E-state index contributed by atoms with van der Waals surface area (Å²) in [5.41, 5.74) is 7.42. The molecule has 0 spiro atoms. The second kappa shape index (κ2) is 5.13. The van der Waals surface area contributed by atoms with Gasteiger partial charge < -0.3 is 10.3 Å². The third-order valence-electron chi connectivity index (χ3n) is 3.91. The van der Waals surface area contributed by atoms with Crippen molar-refractivity contribution in [2.24, 2.45) is 11.7 Å². The lowest BCUT2D eigenvalue weighted by Gasteiger charge is -2.21. The van der Waals surface area contributed by atoms with E-state index in [0.717, 1.165) is 36.6 Å². The first-order valence-electron chi connectivity index (χ1n) is 6.95. The van der Waals surface area contributed by atoms with Crippen LogP contribution in [0.25, 0.3) is 0 Å². The molecule has 1 aliphatic heterocycles. The van der Waals surface area contributed by atoms with Crippen molar-refractivity contribution in [2.75, 3.05) is 0 Å². The maximum atomic E-state index is 6.27. The summed E-state index contributed by atoms with van der Waals surface area (Å²) in [6.07, 6.45) is 3.00. The Kier molecular flexibility index (Phi) is 3.34. The summed E-state index contributed by atoms with van der Waals surface area (Å²) >= 11 is 0. The van der Waals surface area contributed by atoms with Crippen LogP contribution in [0.2, 0.25) is 0 Å². The summed E-state index contributed by atoms with van der Waals surface area (Å²) < 4.78 is 2.25. The average molecular weight is 256 g/mol. The molecule has 2 aromatic rings. The van der Waals surface area contributed by atoms with Gasteiger partial charge in [0, 0.05) is 25.4 Å². The first-order valence-corrected chi connectivity index (χ1v) is 6.95. The molecule has 19 heavy (non-hydrogen) atoms. The van der Waals surface area contributed by atoms with E-state index >= 15 is 0 Å². The van der Waals surface area contributed by atoms with Crippen LogP contribution in [0.3, 0.4) is 0 Å². The molecular weight excluding hydrogens is 236 g/mol. The standard InChI is InChI=1S/C15H20N4/c1-11-7-8-19-14(9-11)17-18-15(19)10-13(16)12-5-3-2-4-6-12/h2-6,11,13H,7-10,16H2,1H3. The van der Waals surface area contributed by atoms with Gasteiger partial charge in [0.2, 0.25) is 0 Å². The molecule has 0 saturated carbocycles. The smallest absolute Gasteiger partial charge is 0.134 e. The van der Waals surface area contributed by atoms with Gasteiger partial charge in [-0.2, -0.15) is 0 Å². The highest BCUT2D eigenvalue weighted by Crippen LogP contribution is 2.22. The molecule has 0 radical (unpaired) electrons. The molecular formula is C15H20N4. The fourth-order valence-electron chi connectivity index (χ4n) is 2.71. The van der Waals surface area contributed by atoms with Crippen LogP contribution in [0.4, 0.5) is 0 Å². The van der Waals surface area contributed by atoms with Crippen molar-refractivity contribution in [3.8, 4) is 0 Å². The van der Waals surface area contributed by atoms with Crippen LogP contribution in [0.15, 0.2) is 30.3 Å². The molecule has 0 bridgehead atoms. The Bertz CT molecular complexity index is 547. The molecule has 4 nitrogen and oxygen atoms in total. The molecule has 2 atom stereocenters. The lowest BCUT2D eigenvalue weighted by molar-refractivity contribution is 0.400. The van der Waals surface area contributed by atoms with Gasteiger partial charge in [0.1, 0.15) is 11.6 Å². The highest BCUT2D eigenvalue weighted by Gasteiger charge is 2.21. The zero-order chi connectivity index (χ0) is 13.2. The number of fused-ring (bicyclic) bond motifs is 1. The van der Waals surface area contributed by atoms with Gasteiger partial charge in [0.25, 0.3) is 0 Å². The average Bonchev–Trinajstić information content (AvgIpc) is 2.82. The number of nitrogens with zero attached hydrogens (tertiary/aromatic N) is 3. The van der Waals surface area contributed by atoms with E-state index in [0.29, 0.717) is 5.92 Å². The minimum absolute atomic E-state index is 0.00569. The van der Waals surface area contributed by atoms with Crippen molar-refractivity contribution in [3.63, 3.8) is 0 Å². The Balaban J connectivity index is 1.78. The van der Waals surface area contributed by atoms with Crippen molar-refractivity contribution in [2.45, 2.75) is 38.8 Å². The zero-order valence-corrected chi connectivity index (χ0v) is 11.3. The number of benzene rings is 1. The first kappa shape index (κ1) is 12.4. The van der Waals surface area contributed by atoms with E-state index in [1.165, 1.54) is 6.42 Å². The van der Waals surface area contributed by atoms with Crippen LogP contribution >= 0.6 is 0 Å². The molecule has 0 amide bonds. The maximum Gasteiger partial charge on any atom is 0.134 e. The van der Waals surface area contributed by atoms with Crippen molar-refractivity contribution >= 4 is 0 Å². The van der Waals surface area contributed by atoms with Crippen LogP contribution in [0.1, 0.15) is 36.6 Å². The molecule has 1 aromatic heterocycles. The van der Waals surface area contributed by atoms with Crippen LogP contribution in [0, 0.1) is 5.92 Å². The SMILES string of the molecule is CC1CCn2c(nnc2CC(N)c2ccccc2)C1. The largest absolute Gasteiger partial charge is 0.324 e. The van der Waals surface area contributed by atoms with Gasteiger partial charge in [-0.3, -0.25) is 0 Å². The normalized spacial score (nSPS) is 20.0. The van der Waals surface area contributed by atoms with Gasteiger partial charge in [0.05, 0.1) is 0 Å². The van der Waals surface area contributed by atoms with Crippen LogP contribution in [-0.4, -0.2) is 14.8 Å². The highest BCUT2D eigenvalue weighted by atomic mass is 15.3.